The molecule has 0 aliphatic carbocycles. The number of hydrogen-bond acceptors (Lipinski definition) is 3. The Kier molecular flexibility index (Phi) is 5.26. The summed E-state index contributed by atoms with van der Waals surface area (Å²) < 4.78 is 5.45. The van der Waals surface area contributed by atoms with Crippen LogP contribution >= 0.6 is 11.6 Å². The lowest BCUT2D eigenvalue weighted by Gasteiger charge is -2.31. The predicted molar refractivity (Wildman–Crippen MR) is 89.4 cm³/mol. The molecule has 2 heterocycles. The van der Waals surface area contributed by atoms with Crippen LogP contribution in [-0.2, 0) is 4.74 Å². The van der Waals surface area contributed by atoms with Gasteiger partial charge in [-0.3, -0.25) is 9.78 Å². The van der Waals surface area contributed by atoms with E-state index in [1.807, 2.05) is 18.3 Å². The number of carbonyl (C=O) groups is 1. The zero-order valence-corrected chi connectivity index (χ0v) is 13.5. The van der Waals surface area contributed by atoms with Crippen LogP contribution in [0.15, 0.2) is 48.8 Å². The second-order valence-corrected chi connectivity index (χ2v) is 6.13. The summed E-state index contributed by atoms with van der Waals surface area (Å²) in [6.45, 7) is 1.46. The maximum absolute atomic E-state index is 12.6. The molecule has 0 spiro atoms. The Morgan fingerprint density at radius 3 is 2.78 bits per heavy atom. The summed E-state index contributed by atoms with van der Waals surface area (Å²) in [4.78, 5) is 16.8. The van der Waals surface area contributed by atoms with Crippen molar-refractivity contribution in [2.75, 3.05) is 13.2 Å². The first-order valence-electron chi connectivity index (χ1n) is 7.78. The Balaban J connectivity index is 1.82. The molecule has 5 heteroatoms. The smallest absolute Gasteiger partial charge is 0.251 e. The van der Waals surface area contributed by atoms with E-state index in [4.69, 9.17) is 16.3 Å². The molecular formula is C18H19ClN2O2. The molecule has 1 aliphatic heterocycles. The Morgan fingerprint density at radius 1 is 1.26 bits per heavy atom. The van der Waals surface area contributed by atoms with Crippen molar-refractivity contribution in [3.8, 4) is 0 Å². The van der Waals surface area contributed by atoms with Gasteiger partial charge in [0.25, 0.3) is 5.91 Å². The number of carbonyl (C=O) groups excluding carboxylic acids is 1. The molecule has 1 atom stereocenters. The average molecular weight is 331 g/mol. The monoisotopic (exact) mass is 330 g/mol. The second kappa shape index (κ2) is 7.57. The largest absolute Gasteiger partial charge is 0.381 e. The summed E-state index contributed by atoms with van der Waals surface area (Å²) in [6, 6.07) is 10.8. The molecule has 2 aromatic rings. The molecule has 1 aromatic carbocycles. The third-order valence-corrected chi connectivity index (χ3v) is 4.39. The lowest BCUT2D eigenvalue weighted by atomic mass is 9.87. The Labute approximate surface area is 140 Å². The van der Waals surface area contributed by atoms with E-state index < -0.39 is 0 Å². The van der Waals surface area contributed by atoms with E-state index in [1.165, 1.54) is 0 Å². The number of ether oxygens (including phenoxy) is 1. The summed E-state index contributed by atoms with van der Waals surface area (Å²) in [5, 5.41) is 3.71. The first-order valence-corrected chi connectivity index (χ1v) is 8.16. The summed E-state index contributed by atoms with van der Waals surface area (Å²) >= 11 is 5.98. The molecule has 0 radical (unpaired) electrons. The summed E-state index contributed by atoms with van der Waals surface area (Å²) in [6.07, 6.45) is 5.41. The minimum atomic E-state index is -0.118. The number of amides is 1. The molecule has 0 saturated carbocycles. The third kappa shape index (κ3) is 4.09. The first kappa shape index (κ1) is 16.0. The average Bonchev–Trinajstić information content (AvgIpc) is 2.61. The summed E-state index contributed by atoms with van der Waals surface area (Å²) in [5.74, 6) is 0.226. The van der Waals surface area contributed by atoms with Gasteiger partial charge in [-0.2, -0.15) is 0 Å². The number of benzene rings is 1. The number of nitrogens with zero attached hydrogens (tertiary/aromatic N) is 1. The van der Waals surface area contributed by atoms with Crippen molar-refractivity contribution in [3.63, 3.8) is 0 Å². The van der Waals surface area contributed by atoms with Gasteiger partial charge in [-0.1, -0.05) is 23.7 Å². The molecule has 1 N–H and O–H groups in total. The van der Waals surface area contributed by atoms with Gasteiger partial charge in [0.2, 0.25) is 0 Å². The lowest BCUT2D eigenvalue weighted by molar-refractivity contribution is 0.0513. The standard InChI is InChI=1S/C18H19ClN2O2/c19-16-5-1-3-14(11-16)18(22)21-17(13-6-9-23-10-7-13)15-4-2-8-20-12-15/h1-5,8,11-13,17H,6-7,9-10H2,(H,21,22). The van der Waals surface area contributed by atoms with Gasteiger partial charge in [-0.15, -0.1) is 0 Å². The van der Waals surface area contributed by atoms with Gasteiger partial charge in [-0.05, 0) is 48.6 Å². The molecule has 120 valence electrons. The maximum Gasteiger partial charge on any atom is 0.251 e. The van der Waals surface area contributed by atoms with Crippen LogP contribution in [0.25, 0.3) is 0 Å². The molecule has 1 fully saturated rings. The van der Waals surface area contributed by atoms with Gasteiger partial charge in [0.05, 0.1) is 6.04 Å². The van der Waals surface area contributed by atoms with Crippen LogP contribution in [-0.4, -0.2) is 24.1 Å². The molecule has 3 rings (SSSR count). The van der Waals surface area contributed by atoms with E-state index in [-0.39, 0.29) is 11.9 Å². The van der Waals surface area contributed by atoms with Gasteiger partial charge in [0.1, 0.15) is 0 Å². The van der Waals surface area contributed by atoms with Crippen molar-refractivity contribution in [2.24, 2.45) is 5.92 Å². The number of nitrogens with one attached hydrogen (secondary N) is 1. The molecular weight excluding hydrogens is 312 g/mol. The molecule has 1 aromatic heterocycles. The Morgan fingerprint density at radius 2 is 2.09 bits per heavy atom. The highest BCUT2D eigenvalue weighted by atomic mass is 35.5. The van der Waals surface area contributed by atoms with Crippen molar-refractivity contribution in [1.29, 1.82) is 0 Å². The number of halogens is 1. The molecule has 23 heavy (non-hydrogen) atoms. The van der Waals surface area contributed by atoms with Crippen LogP contribution in [0.1, 0.15) is 34.8 Å². The molecule has 0 bridgehead atoms. The number of aromatic nitrogens is 1. The fraction of sp³-hybridized carbons (Fsp3) is 0.333. The lowest BCUT2D eigenvalue weighted by Crippen LogP contribution is -2.36. The number of rotatable bonds is 4. The maximum atomic E-state index is 12.6. The summed E-state index contributed by atoms with van der Waals surface area (Å²) in [5.41, 5.74) is 1.59. The van der Waals surface area contributed by atoms with Crippen LogP contribution in [0.2, 0.25) is 5.02 Å². The van der Waals surface area contributed by atoms with E-state index in [9.17, 15) is 4.79 Å². The molecule has 4 nitrogen and oxygen atoms in total. The Bertz CT molecular complexity index is 657. The molecule has 1 unspecified atom stereocenters. The van der Waals surface area contributed by atoms with Gasteiger partial charge in [0.15, 0.2) is 0 Å². The van der Waals surface area contributed by atoms with Crippen molar-refractivity contribution in [1.82, 2.24) is 10.3 Å². The normalized spacial score (nSPS) is 16.7. The van der Waals surface area contributed by atoms with Crippen LogP contribution in [0.3, 0.4) is 0 Å². The zero-order chi connectivity index (χ0) is 16.1. The van der Waals surface area contributed by atoms with E-state index >= 15 is 0 Å². The summed E-state index contributed by atoms with van der Waals surface area (Å²) in [7, 11) is 0. The highest BCUT2D eigenvalue weighted by Crippen LogP contribution is 2.30. The van der Waals surface area contributed by atoms with Crippen molar-refractivity contribution in [3.05, 3.63) is 64.9 Å². The van der Waals surface area contributed by atoms with E-state index in [0.717, 1.165) is 31.6 Å². The molecule has 1 amide bonds. The van der Waals surface area contributed by atoms with Gasteiger partial charge in [0, 0.05) is 36.2 Å². The van der Waals surface area contributed by atoms with Crippen LogP contribution < -0.4 is 5.32 Å². The Hall–Kier alpha value is -1.91. The van der Waals surface area contributed by atoms with E-state index in [0.29, 0.717) is 16.5 Å². The minimum Gasteiger partial charge on any atom is -0.381 e. The first-order chi connectivity index (χ1) is 11.2. The molecule has 1 saturated heterocycles. The molecule has 1 aliphatic rings. The van der Waals surface area contributed by atoms with Crippen molar-refractivity contribution >= 4 is 17.5 Å². The topological polar surface area (TPSA) is 51.2 Å². The third-order valence-electron chi connectivity index (χ3n) is 4.15. The van der Waals surface area contributed by atoms with E-state index in [2.05, 4.69) is 10.3 Å². The predicted octanol–water partition coefficient (Wildman–Crippen LogP) is 3.63. The highest BCUT2D eigenvalue weighted by molar-refractivity contribution is 6.30. The fourth-order valence-corrected chi connectivity index (χ4v) is 3.13. The SMILES string of the molecule is O=C(NC(c1cccnc1)C1CCOCC1)c1cccc(Cl)c1. The number of hydrogen-bond donors (Lipinski definition) is 1. The van der Waals surface area contributed by atoms with Gasteiger partial charge in [-0.25, -0.2) is 0 Å². The van der Waals surface area contributed by atoms with Crippen molar-refractivity contribution < 1.29 is 9.53 Å². The van der Waals surface area contributed by atoms with Gasteiger partial charge < -0.3 is 10.1 Å². The van der Waals surface area contributed by atoms with Crippen LogP contribution in [0.5, 0.6) is 0 Å². The number of pyridine rings is 1. The highest BCUT2D eigenvalue weighted by Gasteiger charge is 2.27. The van der Waals surface area contributed by atoms with Gasteiger partial charge >= 0.3 is 0 Å². The van der Waals surface area contributed by atoms with Crippen molar-refractivity contribution in [2.45, 2.75) is 18.9 Å². The van der Waals surface area contributed by atoms with Crippen LogP contribution in [0, 0.1) is 5.92 Å². The van der Waals surface area contributed by atoms with Crippen LogP contribution in [0.4, 0.5) is 0 Å². The fourth-order valence-electron chi connectivity index (χ4n) is 2.94. The second-order valence-electron chi connectivity index (χ2n) is 5.70. The minimum absolute atomic E-state index is 0.0703. The van der Waals surface area contributed by atoms with E-state index in [1.54, 1.807) is 30.5 Å². The zero-order valence-electron chi connectivity index (χ0n) is 12.7. The quantitative estimate of drug-likeness (QED) is 0.931.